The number of hydrogen-bond acceptors (Lipinski definition) is 15. The van der Waals surface area contributed by atoms with E-state index in [4.69, 9.17) is 49.5 Å². The standard InChI is InChI=1S/C32H46ClN5O12/c1-16(39)45-20-23(38-22-17(13-34-38)21(35-26(33)37-22)36-27(42)49-30(8,9)10)46-18(32(20)15-44-31(11,12)50-32)14-43-19(24(40)47-28(2,3)4)25(41)48-29(5,6)7/h13,18-20,23H,14-15H2,1-12H3,(H,35,36,37,42)/t18-,20+,23-,32-/m1/s1. The predicted octanol–water partition coefficient (Wildman–Crippen LogP) is 4.25. The van der Waals surface area contributed by atoms with Crippen molar-refractivity contribution in [3.8, 4) is 0 Å². The number of rotatable bonds is 8. The van der Waals surface area contributed by atoms with Crippen LogP contribution >= 0.6 is 11.6 Å². The van der Waals surface area contributed by atoms with Gasteiger partial charge >= 0.3 is 24.0 Å². The number of esters is 3. The minimum Gasteiger partial charge on any atom is -0.458 e. The van der Waals surface area contributed by atoms with E-state index in [9.17, 15) is 19.2 Å². The minimum absolute atomic E-state index is 0.00345. The Labute approximate surface area is 294 Å². The molecule has 4 heterocycles. The molecule has 0 aliphatic carbocycles. The molecule has 1 N–H and O–H groups in total. The highest BCUT2D eigenvalue weighted by Gasteiger charge is 2.66. The maximum Gasteiger partial charge on any atom is 0.413 e. The van der Waals surface area contributed by atoms with Gasteiger partial charge in [0.05, 0.1) is 24.8 Å². The quantitative estimate of drug-likeness (QED) is 0.175. The summed E-state index contributed by atoms with van der Waals surface area (Å²) in [5.74, 6) is -3.84. The van der Waals surface area contributed by atoms with Crippen molar-refractivity contribution in [3.05, 3.63) is 11.5 Å². The SMILES string of the molecule is CC(=O)O[C@H]1[C@H](n2ncc3c(NC(=O)OC(C)(C)C)nc(Cl)nc32)O[C@H](COC(C(=O)OC(C)(C)C)C(=O)OC(C)(C)C)[C@]12COC(C)(C)O2. The van der Waals surface area contributed by atoms with Crippen LogP contribution in [0.4, 0.5) is 10.6 Å². The number of carbonyl (C=O) groups excluding carboxylic acids is 4. The van der Waals surface area contributed by atoms with E-state index in [1.807, 2.05) is 0 Å². The molecule has 2 fully saturated rings. The summed E-state index contributed by atoms with van der Waals surface area (Å²) >= 11 is 6.28. The third-order valence-corrected chi connectivity index (χ3v) is 7.08. The van der Waals surface area contributed by atoms with E-state index in [0.717, 1.165) is 0 Å². The van der Waals surface area contributed by atoms with Crippen LogP contribution in [0.5, 0.6) is 0 Å². The van der Waals surface area contributed by atoms with Gasteiger partial charge in [0, 0.05) is 6.92 Å². The molecule has 0 unspecified atom stereocenters. The van der Waals surface area contributed by atoms with Gasteiger partial charge in [0.15, 0.2) is 35.2 Å². The zero-order valence-corrected chi connectivity index (χ0v) is 31.1. The Balaban J connectivity index is 1.76. The second-order valence-corrected chi connectivity index (χ2v) is 15.7. The van der Waals surface area contributed by atoms with E-state index >= 15 is 0 Å². The van der Waals surface area contributed by atoms with Crippen molar-refractivity contribution >= 4 is 52.5 Å². The number of nitrogens with one attached hydrogen (secondary N) is 1. The largest absolute Gasteiger partial charge is 0.458 e. The normalized spacial score (nSPS) is 23.7. The lowest BCUT2D eigenvalue weighted by Gasteiger charge is -2.34. The van der Waals surface area contributed by atoms with E-state index in [2.05, 4.69) is 20.4 Å². The van der Waals surface area contributed by atoms with Gasteiger partial charge in [-0.15, -0.1) is 0 Å². The number of hydrogen-bond donors (Lipinski definition) is 1. The fourth-order valence-electron chi connectivity index (χ4n) is 5.29. The molecular weight excluding hydrogens is 682 g/mol. The maximum absolute atomic E-state index is 13.2. The van der Waals surface area contributed by atoms with Crippen LogP contribution in [-0.4, -0.2) is 103 Å². The number of ether oxygens (including phenoxy) is 8. The topological polar surface area (TPSA) is 198 Å². The van der Waals surface area contributed by atoms with Crippen molar-refractivity contribution in [2.24, 2.45) is 0 Å². The highest BCUT2D eigenvalue weighted by Crippen LogP contribution is 2.49. The smallest absolute Gasteiger partial charge is 0.413 e. The van der Waals surface area contributed by atoms with Crippen LogP contribution in [0, 0.1) is 0 Å². The molecule has 2 aromatic heterocycles. The highest BCUT2D eigenvalue weighted by molar-refractivity contribution is 6.28. The molecule has 50 heavy (non-hydrogen) atoms. The molecule has 0 radical (unpaired) electrons. The molecule has 17 nitrogen and oxygen atoms in total. The molecule has 18 heteroatoms. The second-order valence-electron chi connectivity index (χ2n) is 15.4. The summed E-state index contributed by atoms with van der Waals surface area (Å²) in [5.41, 5.74) is -4.17. The van der Waals surface area contributed by atoms with E-state index in [1.165, 1.54) is 17.8 Å². The first-order valence-corrected chi connectivity index (χ1v) is 16.3. The molecule has 0 saturated carbocycles. The van der Waals surface area contributed by atoms with Gasteiger partial charge in [-0.2, -0.15) is 15.1 Å². The van der Waals surface area contributed by atoms with Gasteiger partial charge in [-0.25, -0.2) is 19.1 Å². The molecule has 278 valence electrons. The van der Waals surface area contributed by atoms with Crippen LogP contribution in [0.1, 0.15) is 89.3 Å². The lowest BCUT2D eigenvalue weighted by atomic mass is 9.92. The number of amides is 1. The Kier molecular flexibility index (Phi) is 10.8. The Bertz CT molecular complexity index is 1600. The molecule has 4 atom stereocenters. The third kappa shape index (κ3) is 9.37. The van der Waals surface area contributed by atoms with Crippen molar-refractivity contribution in [1.29, 1.82) is 0 Å². The first kappa shape index (κ1) is 39.2. The maximum atomic E-state index is 13.2. The Hall–Kier alpha value is -3.64. The molecular formula is C32H46ClN5O12. The molecule has 2 aromatic rings. The van der Waals surface area contributed by atoms with Crippen molar-refractivity contribution < 1.29 is 57.1 Å². The van der Waals surface area contributed by atoms with E-state index in [-0.39, 0.29) is 28.7 Å². The number of nitrogens with zero attached hydrogens (tertiary/aromatic N) is 4. The summed E-state index contributed by atoms with van der Waals surface area (Å²) < 4.78 is 48.2. The summed E-state index contributed by atoms with van der Waals surface area (Å²) in [5, 5.41) is 6.99. The minimum atomic E-state index is -1.81. The number of halogens is 1. The molecule has 1 spiro atoms. The van der Waals surface area contributed by atoms with Crippen LogP contribution in [-0.2, 0) is 52.3 Å². The molecule has 2 saturated heterocycles. The van der Waals surface area contributed by atoms with Crippen molar-refractivity contribution in [3.63, 3.8) is 0 Å². The Morgan fingerprint density at radius 1 is 0.980 bits per heavy atom. The van der Waals surface area contributed by atoms with E-state index in [1.54, 1.807) is 76.2 Å². The van der Waals surface area contributed by atoms with Crippen LogP contribution in [0.25, 0.3) is 11.0 Å². The fraction of sp³-hybridized carbons (Fsp3) is 0.719. The first-order valence-electron chi connectivity index (χ1n) is 15.9. The van der Waals surface area contributed by atoms with Crippen LogP contribution < -0.4 is 5.32 Å². The number of fused-ring (bicyclic) bond motifs is 1. The number of anilines is 1. The average molecular weight is 728 g/mol. The van der Waals surface area contributed by atoms with Crippen LogP contribution in [0.2, 0.25) is 5.28 Å². The number of carbonyl (C=O) groups is 4. The second kappa shape index (κ2) is 13.8. The zero-order chi connectivity index (χ0) is 37.6. The van der Waals surface area contributed by atoms with Gasteiger partial charge in [-0.1, -0.05) is 0 Å². The Morgan fingerprint density at radius 3 is 2.06 bits per heavy atom. The molecule has 2 aliphatic rings. The van der Waals surface area contributed by atoms with Gasteiger partial charge in [-0.3, -0.25) is 10.1 Å². The van der Waals surface area contributed by atoms with Gasteiger partial charge < -0.3 is 37.9 Å². The lowest BCUT2D eigenvalue weighted by molar-refractivity contribution is -0.206. The van der Waals surface area contributed by atoms with Crippen molar-refractivity contribution in [1.82, 2.24) is 19.7 Å². The molecule has 2 aliphatic heterocycles. The highest BCUT2D eigenvalue weighted by atomic mass is 35.5. The monoisotopic (exact) mass is 727 g/mol. The van der Waals surface area contributed by atoms with E-state index in [0.29, 0.717) is 0 Å². The van der Waals surface area contributed by atoms with Gasteiger partial charge in [-0.05, 0) is 87.8 Å². The summed E-state index contributed by atoms with van der Waals surface area (Å²) in [4.78, 5) is 60.1. The van der Waals surface area contributed by atoms with Gasteiger partial charge in [0.2, 0.25) is 5.28 Å². The lowest BCUT2D eigenvalue weighted by Crippen LogP contribution is -2.54. The van der Waals surface area contributed by atoms with E-state index < -0.39 is 83.3 Å². The van der Waals surface area contributed by atoms with Gasteiger partial charge in [0.25, 0.3) is 6.10 Å². The molecule has 0 bridgehead atoms. The number of aromatic nitrogens is 4. The van der Waals surface area contributed by atoms with Crippen molar-refractivity contribution in [2.45, 2.75) is 136 Å². The fourth-order valence-corrected chi connectivity index (χ4v) is 5.46. The molecule has 0 aromatic carbocycles. The summed E-state index contributed by atoms with van der Waals surface area (Å²) in [6, 6.07) is 0. The zero-order valence-electron chi connectivity index (χ0n) is 30.4. The third-order valence-electron chi connectivity index (χ3n) is 6.91. The van der Waals surface area contributed by atoms with Crippen LogP contribution in [0.3, 0.4) is 0 Å². The summed E-state index contributed by atoms with van der Waals surface area (Å²) in [7, 11) is 0. The first-order chi connectivity index (χ1) is 22.8. The van der Waals surface area contributed by atoms with Gasteiger partial charge in [0.1, 0.15) is 22.9 Å². The predicted molar refractivity (Wildman–Crippen MR) is 175 cm³/mol. The summed E-state index contributed by atoms with van der Waals surface area (Å²) in [6.45, 7) is 18.9. The average Bonchev–Trinajstić information content (AvgIpc) is 3.54. The van der Waals surface area contributed by atoms with Crippen molar-refractivity contribution in [2.75, 3.05) is 18.5 Å². The van der Waals surface area contributed by atoms with Crippen LogP contribution in [0.15, 0.2) is 6.20 Å². The molecule has 4 rings (SSSR count). The molecule has 1 amide bonds. The summed E-state index contributed by atoms with van der Waals surface area (Å²) in [6.07, 6.45) is -4.91. The Morgan fingerprint density at radius 2 is 1.56 bits per heavy atom.